The number of unbranched alkanes of at least 4 members (excludes halogenated alkanes) is 41. The number of aliphatic hydroxyl groups excluding tert-OH is 2. The van der Waals surface area contributed by atoms with E-state index in [4.69, 9.17) is 32.3 Å². The molecule has 0 saturated heterocycles. The fraction of sp³-hybridized carbons (Fsp3) is 0.692. The third-order valence-corrected chi connectivity index (χ3v) is 23.0. The Morgan fingerprint density at radius 2 is 0.400 bits per heavy atom. The molecule has 0 heterocycles. The molecule has 0 saturated carbocycles. The minimum absolute atomic E-state index is 0.0794. The van der Waals surface area contributed by atoms with Crippen LogP contribution in [0.1, 0.15) is 419 Å². The van der Waals surface area contributed by atoms with Gasteiger partial charge in [-0.25, -0.2) is 9.13 Å². The van der Waals surface area contributed by atoms with E-state index in [1.807, 2.05) is 0 Å². The molecule has 18 heteroatoms. The van der Waals surface area contributed by atoms with Crippen molar-refractivity contribution in [2.75, 3.05) is 39.6 Å². The molecule has 0 bridgehead atoms. The van der Waals surface area contributed by atoms with Gasteiger partial charge in [-0.2, -0.15) is 0 Å². The number of allylic oxidation sites excluding steroid dienone is 30. The van der Waals surface area contributed by atoms with Gasteiger partial charge in [0.05, 0.1) is 26.4 Å². The van der Waals surface area contributed by atoms with E-state index in [1.165, 1.54) is 193 Å². The lowest BCUT2D eigenvalue weighted by atomic mass is 10.0. The molecule has 0 rings (SSSR count). The quantitative estimate of drug-likeness (QED) is 0.0146. The molecule has 4 N–H and O–H groups in total. The summed E-state index contributed by atoms with van der Waals surface area (Å²) in [5.74, 6) is -1.58. The molecule has 716 valence electrons. The van der Waals surface area contributed by atoms with E-state index in [9.17, 15) is 43.5 Å². The second kappa shape index (κ2) is 97.7. The van der Waals surface area contributed by atoms with E-state index >= 15 is 0 Å². The van der Waals surface area contributed by atoms with Crippen LogP contribution in [-0.4, -0.2) is 95.9 Å². The summed E-state index contributed by atoms with van der Waals surface area (Å²) in [7, 11) is -9.82. The minimum Gasteiger partial charge on any atom is -0.463 e. The number of ether oxygens (including phenoxy) is 3. The van der Waals surface area contributed by atoms with E-state index < -0.39 is 91.5 Å². The van der Waals surface area contributed by atoms with E-state index in [0.717, 1.165) is 167 Å². The Kier molecular flexibility index (Phi) is 93.5. The van der Waals surface area contributed by atoms with Gasteiger partial charge in [-0.05, 0) is 154 Å². The summed E-state index contributed by atoms with van der Waals surface area (Å²) in [5.41, 5.74) is 0. The third kappa shape index (κ3) is 99.1. The Labute approximate surface area is 764 Å². The summed E-state index contributed by atoms with van der Waals surface area (Å²) in [5, 5.41) is 20.8. The zero-order valence-corrected chi connectivity index (χ0v) is 81.0. The van der Waals surface area contributed by atoms with Crippen LogP contribution in [0.25, 0.3) is 0 Å². The lowest BCUT2D eigenvalue weighted by Gasteiger charge is -2.21. The molecule has 5 unspecified atom stereocenters. The van der Waals surface area contributed by atoms with Crippen LogP contribution in [0.4, 0.5) is 0 Å². The molecule has 0 fully saturated rings. The second-order valence-electron chi connectivity index (χ2n) is 33.1. The van der Waals surface area contributed by atoms with Gasteiger partial charge >= 0.3 is 33.6 Å². The first kappa shape index (κ1) is 120. The molecule has 0 aliphatic rings. The zero-order valence-electron chi connectivity index (χ0n) is 79.2. The van der Waals surface area contributed by atoms with Crippen molar-refractivity contribution >= 4 is 33.6 Å². The smallest absolute Gasteiger partial charge is 0.463 e. The maximum Gasteiger partial charge on any atom is 0.472 e. The van der Waals surface area contributed by atoms with Gasteiger partial charge < -0.3 is 34.2 Å². The maximum atomic E-state index is 13.1. The van der Waals surface area contributed by atoms with Gasteiger partial charge in [0.2, 0.25) is 0 Å². The van der Waals surface area contributed by atoms with Gasteiger partial charge in [0.25, 0.3) is 0 Å². The van der Waals surface area contributed by atoms with Gasteiger partial charge in [-0.15, -0.1) is 0 Å². The monoisotopic (exact) mass is 1790 g/mol. The number of esters is 3. The Hall–Kier alpha value is -5.35. The average molecular weight is 1790 g/mol. The summed E-state index contributed by atoms with van der Waals surface area (Å²) in [6, 6.07) is 0. The number of hydrogen-bond acceptors (Lipinski definition) is 14. The van der Waals surface area contributed by atoms with E-state index in [2.05, 4.69) is 203 Å². The molecule has 0 aliphatic carbocycles. The van der Waals surface area contributed by atoms with Crippen molar-refractivity contribution in [3.8, 4) is 0 Å². The minimum atomic E-state index is -4.95. The van der Waals surface area contributed by atoms with E-state index in [-0.39, 0.29) is 19.3 Å². The second-order valence-corrected chi connectivity index (χ2v) is 36.0. The summed E-state index contributed by atoms with van der Waals surface area (Å²) in [4.78, 5) is 59.1. The lowest BCUT2D eigenvalue weighted by molar-refractivity contribution is -0.161. The topological polar surface area (TPSA) is 231 Å². The SMILES string of the molecule is CC/C=C\C/C=C\C/C=C\C/C=C\C/C=C\CCCCCCCCCCCCCCCCCCCCCC(=O)OCC(O)COP(=O)(O)OCC(O)COP(=O)(O)OCC(COC(=O)CCCCCCCCCCCCCCCCCCC/C=C\C/C=C\C/C=C\C/C=C\C/C=C\CC)OC(=O)CCCCCCC/C=C\C/C=C\C/C=C\C/C=C\C/C=C\CC. The normalized spacial score (nSPS) is 14.5. The molecule has 0 aliphatic heterocycles. The molecule has 0 aromatic carbocycles. The molecular weight excluding hydrogens is 1600 g/mol. The Balaban J connectivity index is 4.52. The standard InChI is InChI=1S/C107H182O16P2/c1-4-7-10-13-16-19-22-25-28-31-34-37-39-41-43-45-47-49-50-52-54-55-57-59-61-64-66-69-72-75-78-81-84-87-90-93-105(110)117-96-102(108)97-119-124(113,114)120-98-103(109)99-121-125(115,116)122-101-104(123-107(112)95-92-89-86-83-80-77-74-71-68-63-36-33-30-27-24-21-18-15-12-9-6-3)100-118-106(111)94-91-88-85-82-79-76-73-70-67-65-62-60-58-56-53-51-48-46-44-42-40-38-35-32-29-26-23-20-17-14-11-8-5-2/h7-12,16-21,25-30,34-38,41-44,63,71,74,102-104,108-109H,4-6,13-15,22-24,31-33,39-40,45-62,64-70,72-73,75-101H2,1-3H3,(H,113,114)(H,115,116)/b10-7-,11-8-,12-9-,19-16-,20-17-,21-18-,28-25-,29-26-,30-27-,37-34-,38-35-,43-41-,44-42-,63-36-,74-71-. The number of phosphoric ester groups is 2. The van der Waals surface area contributed by atoms with Crippen molar-refractivity contribution in [3.63, 3.8) is 0 Å². The van der Waals surface area contributed by atoms with Crippen molar-refractivity contribution in [2.45, 2.75) is 437 Å². The fourth-order valence-corrected chi connectivity index (χ4v) is 15.2. The van der Waals surface area contributed by atoms with Crippen LogP contribution in [0.15, 0.2) is 182 Å². The predicted molar refractivity (Wildman–Crippen MR) is 528 cm³/mol. The summed E-state index contributed by atoms with van der Waals surface area (Å²) < 4.78 is 61.6. The number of carbonyl (C=O) groups excluding carboxylic acids is 3. The maximum absolute atomic E-state index is 13.1. The zero-order chi connectivity index (χ0) is 90.7. The fourth-order valence-electron chi connectivity index (χ4n) is 13.7. The molecule has 0 radical (unpaired) electrons. The van der Waals surface area contributed by atoms with Crippen LogP contribution < -0.4 is 0 Å². The Bertz CT molecular complexity index is 3000. The lowest BCUT2D eigenvalue weighted by Crippen LogP contribution is -2.30. The number of aliphatic hydroxyl groups is 2. The molecule has 0 spiro atoms. The first-order valence-corrected chi connectivity index (χ1v) is 53.1. The van der Waals surface area contributed by atoms with Crippen LogP contribution in [-0.2, 0) is 55.8 Å². The van der Waals surface area contributed by atoms with Crippen LogP contribution in [0.5, 0.6) is 0 Å². The van der Waals surface area contributed by atoms with Crippen molar-refractivity contribution < 1.29 is 75.8 Å². The number of hydrogen-bond donors (Lipinski definition) is 4. The highest BCUT2D eigenvalue weighted by Crippen LogP contribution is 2.45. The Morgan fingerprint density at radius 1 is 0.224 bits per heavy atom. The van der Waals surface area contributed by atoms with Crippen LogP contribution in [0.3, 0.4) is 0 Å². The first-order chi connectivity index (χ1) is 61.2. The van der Waals surface area contributed by atoms with Crippen molar-refractivity contribution in [2.24, 2.45) is 0 Å². The molecule has 0 aromatic rings. The molecule has 5 atom stereocenters. The highest BCUT2D eigenvalue weighted by Gasteiger charge is 2.30. The van der Waals surface area contributed by atoms with Crippen molar-refractivity contribution in [1.29, 1.82) is 0 Å². The number of rotatable bonds is 94. The van der Waals surface area contributed by atoms with Gasteiger partial charge in [-0.1, -0.05) is 428 Å². The molecule has 0 amide bonds. The average Bonchev–Trinajstić information content (AvgIpc) is 0.895. The highest BCUT2D eigenvalue weighted by atomic mass is 31.2. The van der Waals surface area contributed by atoms with Gasteiger partial charge in [-0.3, -0.25) is 32.5 Å². The number of carbonyl (C=O) groups is 3. The van der Waals surface area contributed by atoms with Gasteiger partial charge in [0, 0.05) is 19.3 Å². The summed E-state index contributed by atoms with van der Waals surface area (Å²) >= 11 is 0. The van der Waals surface area contributed by atoms with Crippen LogP contribution >= 0.6 is 15.6 Å². The highest BCUT2D eigenvalue weighted by molar-refractivity contribution is 7.47. The molecule has 16 nitrogen and oxygen atoms in total. The van der Waals surface area contributed by atoms with Gasteiger partial charge in [0.1, 0.15) is 25.4 Å². The first-order valence-electron chi connectivity index (χ1n) is 50.1. The third-order valence-electron chi connectivity index (χ3n) is 21.1. The van der Waals surface area contributed by atoms with Gasteiger partial charge in [0.15, 0.2) is 6.10 Å². The van der Waals surface area contributed by atoms with Crippen molar-refractivity contribution in [1.82, 2.24) is 0 Å². The van der Waals surface area contributed by atoms with Crippen LogP contribution in [0, 0.1) is 0 Å². The Morgan fingerprint density at radius 3 is 0.632 bits per heavy atom. The van der Waals surface area contributed by atoms with E-state index in [1.54, 1.807) is 0 Å². The van der Waals surface area contributed by atoms with E-state index in [0.29, 0.717) is 19.3 Å². The predicted octanol–water partition coefficient (Wildman–Crippen LogP) is 31.6. The van der Waals surface area contributed by atoms with Crippen LogP contribution in [0.2, 0.25) is 0 Å². The summed E-state index contributed by atoms with van der Waals surface area (Å²) in [6.07, 6.45) is 130. The molecular formula is C107H182O16P2. The molecule has 125 heavy (non-hydrogen) atoms. The van der Waals surface area contributed by atoms with Crippen molar-refractivity contribution in [3.05, 3.63) is 182 Å². The largest absolute Gasteiger partial charge is 0.472 e. The number of phosphoric acid groups is 2. The summed E-state index contributed by atoms with van der Waals surface area (Å²) in [6.45, 7) is 2.38. The molecule has 0 aromatic heterocycles.